The first-order valence-electron chi connectivity index (χ1n) is 14.2. The Hall–Kier alpha value is -4.38. The number of halogens is 4. The van der Waals surface area contributed by atoms with Crippen LogP contribution in [0.1, 0.15) is 60.9 Å². The summed E-state index contributed by atoms with van der Waals surface area (Å²) in [5.41, 5.74) is 1.53. The molecule has 1 fully saturated rings. The first kappa shape index (κ1) is 31.1. The Morgan fingerprint density at radius 2 is 1.80 bits per heavy atom. The molecule has 0 bridgehead atoms. The molecule has 1 aromatic heterocycles. The molecule has 11 heteroatoms. The van der Waals surface area contributed by atoms with Gasteiger partial charge in [-0.05, 0) is 53.3 Å². The van der Waals surface area contributed by atoms with Gasteiger partial charge in [-0.2, -0.15) is 13.2 Å². The van der Waals surface area contributed by atoms with Gasteiger partial charge in [-0.3, -0.25) is 4.90 Å². The Balaban J connectivity index is 1.44. The number of cyclic esters (lactones) is 1. The lowest BCUT2D eigenvalue weighted by Gasteiger charge is -2.24. The molecule has 0 unspecified atom stereocenters. The Morgan fingerprint density at radius 3 is 2.48 bits per heavy atom. The number of imidazole rings is 1. The molecule has 5 rings (SSSR count). The third kappa shape index (κ3) is 6.42. The molecule has 3 aromatic carbocycles. The zero-order valence-corrected chi connectivity index (χ0v) is 24.8. The molecule has 0 spiro atoms. The Morgan fingerprint density at radius 1 is 1.05 bits per heavy atom. The smallest absolute Gasteiger partial charge is 0.416 e. The maximum absolute atomic E-state index is 14.8. The van der Waals surface area contributed by atoms with E-state index in [2.05, 4.69) is 4.98 Å². The predicted octanol–water partition coefficient (Wildman–Crippen LogP) is 8.10. The summed E-state index contributed by atoms with van der Waals surface area (Å²) in [5.74, 6) is -0.0444. The standard InChI is InChI=1S/C33H33F4N3O4/c1-20(2)26-15-27(29(42-4)16-28(26)34)25-11-10-24(33(35,36)37)14-23(25)17-40-21(3)30(44-32(40)41)31-38-12-13-39(31)19-43-18-22-8-6-5-7-9-22/h5-16,20-21,30H,17-19H2,1-4H3/t21-,30-/m0/s1. The summed E-state index contributed by atoms with van der Waals surface area (Å²) in [6, 6.07) is 15.2. The van der Waals surface area contributed by atoms with Gasteiger partial charge in [0.25, 0.3) is 0 Å². The fraction of sp³-hybridized carbons (Fsp3) is 0.333. The van der Waals surface area contributed by atoms with Crippen LogP contribution in [0.5, 0.6) is 5.75 Å². The molecule has 0 aliphatic carbocycles. The number of aromatic nitrogens is 2. The van der Waals surface area contributed by atoms with Gasteiger partial charge in [0.2, 0.25) is 0 Å². The number of benzene rings is 3. The normalized spacial score (nSPS) is 16.9. The zero-order chi connectivity index (χ0) is 31.6. The molecule has 1 aliphatic heterocycles. The molecule has 1 saturated heterocycles. The van der Waals surface area contributed by atoms with Gasteiger partial charge in [-0.1, -0.05) is 50.2 Å². The molecule has 7 nitrogen and oxygen atoms in total. The second-order valence-corrected chi connectivity index (χ2v) is 11.0. The summed E-state index contributed by atoms with van der Waals surface area (Å²) >= 11 is 0. The van der Waals surface area contributed by atoms with Crippen molar-refractivity contribution in [2.45, 2.75) is 64.9 Å². The zero-order valence-electron chi connectivity index (χ0n) is 24.8. The van der Waals surface area contributed by atoms with Crippen molar-refractivity contribution in [3.63, 3.8) is 0 Å². The third-order valence-electron chi connectivity index (χ3n) is 7.74. The Labute approximate surface area is 253 Å². The lowest BCUT2D eigenvalue weighted by Crippen LogP contribution is -2.32. The minimum absolute atomic E-state index is 0.158. The van der Waals surface area contributed by atoms with Gasteiger partial charge in [0.05, 0.1) is 31.9 Å². The quantitative estimate of drug-likeness (QED) is 0.170. The van der Waals surface area contributed by atoms with Gasteiger partial charge >= 0.3 is 12.3 Å². The topological polar surface area (TPSA) is 65.8 Å². The van der Waals surface area contributed by atoms with Crippen LogP contribution < -0.4 is 4.74 Å². The van der Waals surface area contributed by atoms with Gasteiger partial charge in [-0.15, -0.1) is 0 Å². The molecule has 44 heavy (non-hydrogen) atoms. The van der Waals surface area contributed by atoms with Crippen LogP contribution in [0.4, 0.5) is 22.4 Å². The van der Waals surface area contributed by atoms with Crippen molar-refractivity contribution in [2.75, 3.05) is 7.11 Å². The van der Waals surface area contributed by atoms with Crippen molar-refractivity contribution in [1.82, 2.24) is 14.5 Å². The maximum Gasteiger partial charge on any atom is 0.416 e. The van der Waals surface area contributed by atoms with Crippen LogP contribution in [0.2, 0.25) is 0 Å². The Kier molecular flexibility index (Phi) is 8.96. The van der Waals surface area contributed by atoms with Gasteiger partial charge in [0.1, 0.15) is 18.3 Å². The van der Waals surface area contributed by atoms with Gasteiger partial charge in [0.15, 0.2) is 11.9 Å². The summed E-state index contributed by atoms with van der Waals surface area (Å²) < 4.78 is 75.0. The number of ether oxygens (including phenoxy) is 3. The molecular formula is C33H33F4N3O4. The van der Waals surface area contributed by atoms with Crippen molar-refractivity contribution in [2.24, 2.45) is 0 Å². The average molecular weight is 612 g/mol. The summed E-state index contributed by atoms with van der Waals surface area (Å²) in [5, 5.41) is 0. The van der Waals surface area contributed by atoms with Gasteiger partial charge < -0.3 is 18.8 Å². The SMILES string of the molecule is COc1cc(F)c(C(C)C)cc1-c1ccc(C(F)(F)F)cc1CN1C(=O)O[C@H](c2nccn2COCc2ccccc2)[C@@H]1C. The van der Waals surface area contributed by atoms with Crippen molar-refractivity contribution >= 4 is 6.09 Å². The number of hydrogen-bond donors (Lipinski definition) is 0. The van der Waals surface area contributed by atoms with E-state index in [-0.39, 0.29) is 30.5 Å². The van der Waals surface area contributed by atoms with E-state index in [1.54, 1.807) is 30.0 Å². The second kappa shape index (κ2) is 12.7. The number of rotatable bonds is 10. The molecule has 0 radical (unpaired) electrons. The largest absolute Gasteiger partial charge is 0.496 e. The fourth-order valence-corrected chi connectivity index (χ4v) is 5.35. The minimum atomic E-state index is -4.62. The Bertz CT molecular complexity index is 1620. The molecule has 0 saturated carbocycles. The molecule has 0 N–H and O–H groups in total. The number of carbonyl (C=O) groups excluding carboxylic acids is 1. The summed E-state index contributed by atoms with van der Waals surface area (Å²) in [6.07, 6.45) is -2.82. The van der Waals surface area contributed by atoms with Crippen LogP contribution in [0.15, 0.2) is 73.1 Å². The van der Waals surface area contributed by atoms with Crippen molar-refractivity contribution < 1.29 is 36.6 Å². The van der Waals surface area contributed by atoms with Gasteiger partial charge in [0, 0.05) is 24.0 Å². The molecule has 1 aliphatic rings. The maximum atomic E-state index is 14.8. The van der Waals surface area contributed by atoms with Crippen molar-refractivity contribution in [1.29, 1.82) is 0 Å². The lowest BCUT2D eigenvalue weighted by atomic mass is 9.92. The van der Waals surface area contributed by atoms with E-state index in [1.807, 2.05) is 44.2 Å². The molecule has 4 aromatic rings. The van der Waals surface area contributed by atoms with Crippen molar-refractivity contribution in [3.8, 4) is 16.9 Å². The van der Waals surface area contributed by atoms with E-state index in [0.717, 1.165) is 17.7 Å². The highest BCUT2D eigenvalue weighted by Gasteiger charge is 2.42. The first-order valence-corrected chi connectivity index (χ1v) is 14.2. The second-order valence-electron chi connectivity index (χ2n) is 11.0. The average Bonchev–Trinajstić information content (AvgIpc) is 3.56. The van der Waals surface area contributed by atoms with Crippen LogP contribution in [0.25, 0.3) is 11.1 Å². The summed E-state index contributed by atoms with van der Waals surface area (Å²) in [6.45, 7) is 5.72. The number of hydrogen-bond acceptors (Lipinski definition) is 5. The molecule has 232 valence electrons. The highest BCUT2D eigenvalue weighted by Crippen LogP contribution is 2.41. The number of methoxy groups -OCH3 is 1. The summed E-state index contributed by atoms with van der Waals surface area (Å²) in [7, 11) is 1.37. The van der Waals surface area contributed by atoms with E-state index in [0.29, 0.717) is 29.1 Å². The number of carbonyl (C=O) groups is 1. The monoisotopic (exact) mass is 611 g/mol. The molecular weight excluding hydrogens is 578 g/mol. The number of alkyl halides is 3. The predicted molar refractivity (Wildman–Crippen MR) is 155 cm³/mol. The minimum Gasteiger partial charge on any atom is -0.496 e. The van der Waals surface area contributed by atoms with E-state index < -0.39 is 35.8 Å². The molecule has 1 amide bonds. The fourth-order valence-electron chi connectivity index (χ4n) is 5.35. The van der Waals surface area contributed by atoms with Crippen LogP contribution in [-0.4, -0.2) is 33.7 Å². The van der Waals surface area contributed by atoms with Crippen LogP contribution in [-0.2, 0) is 35.5 Å². The van der Waals surface area contributed by atoms with Crippen molar-refractivity contribution in [3.05, 3.63) is 107 Å². The molecule has 2 heterocycles. The highest BCUT2D eigenvalue weighted by atomic mass is 19.4. The van der Waals surface area contributed by atoms with Crippen LogP contribution in [0.3, 0.4) is 0 Å². The van der Waals surface area contributed by atoms with E-state index in [9.17, 15) is 22.4 Å². The molecule has 2 atom stereocenters. The van der Waals surface area contributed by atoms with Crippen LogP contribution >= 0.6 is 0 Å². The highest BCUT2D eigenvalue weighted by molar-refractivity contribution is 5.76. The van der Waals surface area contributed by atoms with E-state index in [1.165, 1.54) is 24.1 Å². The third-order valence-corrected chi connectivity index (χ3v) is 7.74. The number of nitrogens with zero attached hydrogens (tertiary/aromatic N) is 3. The number of amides is 1. The first-order chi connectivity index (χ1) is 21.0. The van der Waals surface area contributed by atoms with Crippen LogP contribution in [0, 0.1) is 5.82 Å². The van der Waals surface area contributed by atoms with Gasteiger partial charge in [-0.25, -0.2) is 14.2 Å². The van der Waals surface area contributed by atoms with E-state index >= 15 is 0 Å². The summed E-state index contributed by atoms with van der Waals surface area (Å²) in [4.78, 5) is 18.9. The lowest BCUT2D eigenvalue weighted by molar-refractivity contribution is -0.137. The van der Waals surface area contributed by atoms with E-state index in [4.69, 9.17) is 14.2 Å².